The van der Waals surface area contributed by atoms with E-state index in [2.05, 4.69) is 38.1 Å². The predicted molar refractivity (Wildman–Crippen MR) is 150 cm³/mol. The van der Waals surface area contributed by atoms with E-state index >= 15 is 0 Å². The molecule has 1 atom stereocenters. The Morgan fingerprint density at radius 3 is 1.83 bits per heavy atom. The topological polar surface area (TPSA) is 35.5 Å². The molecule has 0 spiro atoms. The van der Waals surface area contributed by atoms with Crippen LogP contribution in [0.15, 0.2) is 53.4 Å². The number of unbranched alkanes of at least 4 members (excludes halogenated alkanes) is 10. The van der Waals surface area contributed by atoms with E-state index in [4.69, 9.17) is 9.47 Å². The van der Waals surface area contributed by atoms with Gasteiger partial charge in [-0.2, -0.15) is 0 Å². The van der Waals surface area contributed by atoms with E-state index in [1.807, 2.05) is 36.0 Å². The molecule has 0 N–H and O–H groups in total. The van der Waals surface area contributed by atoms with Gasteiger partial charge in [0.05, 0.1) is 6.61 Å². The van der Waals surface area contributed by atoms with Crippen LogP contribution in [0.4, 0.5) is 0 Å². The Hall–Kier alpha value is -1.94. The first-order chi connectivity index (χ1) is 17.1. The van der Waals surface area contributed by atoms with Crippen molar-refractivity contribution in [3.05, 3.63) is 48.5 Å². The smallest absolute Gasteiger partial charge is 0.347 e. The van der Waals surface area contributed by atoms with Gasteiger partial charge in [-0.1, -0.05) is 102 Å². The van der Waals surface area contributed by atoms with Crippen molar-refractivity contribution in [1.82, 2.24) is 0 Å². The van der Waals surface area contributed by atoms with E-state index in [1.165, 1.54) is 80.4 Å². The van der Waals surface area contributed by atoms with Crippen LogP contribution >= 0.6 is 11.8 Å². The van der Waals surface area contributed by atoms with Gasteiger partial charge in [0.25, 0.3) is 0 Å². The molecule has 2 aromatic carbocycles. The molecule has 0 unspecified atom stereocenters. The summed E-state index contributed by atoms with van der Waals surface area (Å²) in [6.45, 7) is 6.70. The summed E-state index contributed by atoms with van der Waals surface area (Å²) in [5, 5.41) is 0. The predicted octanol–water partition coefficient (Wildman–Crippen LogP) is 9.48. The van der Waals surface area contributed by atoms with Crippen LogP contribution < -0.4 is 4.74 Å². The van der Waals surface area contributed by atoms with Crippen LogP contribution in [0.5, 0.6) is 5.75 Å². The van der Waals surface area contributed by atoms with Gasteiger partial charge in [-0.05, 0) is 60.9 Å². The molecule has 0 aliphatic carbocycles. The number of hydrogen-bond acceptors (Lipinski definition) is 4. The maximum atomic E-state index is 12.2. The number of esters is 1. The van der Waals surface area contributed by atoms with Gasteiger partial charge in [0.1, 0.15) is 5.75 Å². The quantitative estimate of drug-likeness (QED) is 0.110. The van der Waals surface area contributed by atoms with Gasteiger partial charge in [-0.3, -0.25) is 0 Å². The van der Waals surface area contributed by atoms with Gasteiger partial charge in [0.15, 0.2) is 6.10 Å². The Labute approximate surface area is 218 Å². The number of benzene rings is 2. The summed E-state index contributed by atoms with van der Waals surface area (Å²) in [4.78, 5) is 13.5. The third kappa shape index (κ3) is 12.5. The van der Waals surface area contributed by atoms with E-state index in [0.29, 0.717) is 12.4 Å². The van der Waals surface area contributed by atoms with Gasteiger partial charge in [-0.25, -0.2) is 4.79 Å². The number of ether oxygens (including phenoxy) is 2. The third-order valence-electron chi connectivity index (χ3n) is 6.20. The van der Waals surface area contributed by atoms with Crippen LogP contribution in [0.25, 0.3) is 11.1 Å². The van der Waals surface area contributed by atoms with Crippen LogP contribution in [0, 0.1) is 0 Å². The molecule has 2 aromatic rings. The molecule has 0 fully saturated rings. The first-order valence-electron chi connectivity index (χ1n) is 13.8. The minimum Gasteiger partial charge on any atom is -0.479 e. The average Bonchev–Trinajstić information content (AvgIpc) is 2.88. The van der Waals surface area contributed by atoms with Crippen molar-refractivity contribution in [1.29, 1.82) is 0 Å². The van der Waals surface area contributed by atoms with Crippen molar-refractivity contribution >= 4 is 17.7 Å². The number of carbonyl (C=O) groups is 1. The molecular formula is C31H46O3S. The number of carbonyl (C=O) groups excluding carboxylic acids is 1. The minimum atomic E-state index is -0.608. The summed E-state index contributed by atoms with van der Waals surface area (Å²) in [6, 6.07) is 16.7. The molecular weight excluding hydrogens is 452 g/mol. The van der Waals surface area contributed by atoms with E-state index in [1.54, 1.807) is 6.92 Å². The molecule has 2 rings (SSSR count). The summed E-state index contributed by atoms with van der Waals surface area (Å²) < 4.78 is 11.2. The normalized spacial score (nSPS) is 11.9. The van der Waals surface area contributed by atoms with Crippen molar-refractivity contribution in [2.75, 3.05) is 12.4 Å². The first-order valence-corrected chi connectivity index (χ1v) is 14.8. The van der Waals surface area contributed by atoms with Crippen molar-refractivity contribution in [3.63, 3.8) is 0 Å². The van der Waals surface area contributed by atoms with Crippen molar-refractivity contribution < 1.29 is 14.3 Å². The van der Waals surface area contributed by atoms with Crippen LogP contribution in [0.1, 0.15) is 97.8 Å². The summed E-state index contributed by atoms with van der Waals surface area (Å²) in [6.07, 6.45) is 14.5. The zero-order chi connectivity index (χ0) is 25.1. The standard InChI is InChI=1S/C31H46O3S/c1-4-6-8-10-12-14-24-33-31(32)26(3)34-29-20-16-27(17-21-29)28-18-22-30(23-19-28)35-25-15-13-11-9-7-5-2/h16-23,26H,4-15,24-25H2,1-3H3/t26-/m1/s1. The lowest BCUT2D eigenvalue weighted by Crippen LogP contribution is -2.26. The minimum absolute atomic E-state index is 0.295. The molecule has 0 heterocycles. The Kier molecular flexibility index (Phi) is 15.4. The van der Waals surface area contributed by atoms with E-state index in [9.17, 15) is 4.79 Å². The fourth-order valence-corrected chi connectivity index (χ4v) is 4.88. The van der Waals surface area contributed by atoms with Gasteiger partial charge in [0, 0.05) is 4.90 Å². The Morgan fingerprint density at radius 1 is 0.714 bits per heavy atom. The number of thioether (sulfide) groups is 1. The number of hydrogen-bond donors (Lipinski definition) is 0. The molecule has 4 heteroatoms. The lowest BCUT2D eigenvalue weighted by atomic mass is 10.1. The highest BCUT2D eigenvalue weighted by atomic mass is 32.2. The second-order valence-electron chi connectivity index (χ2n) is 9.36. The largest absolute Gasteiger partial charge is 0.479 e. The SMILES string of the molecule is CCCCCCCCOC(=O)[C@@H](C)Oc1ccc(-c2ccc(SCCCCCCCC)cc2)cc1. The number of rotatable bonds is 19. The van der Waals surface area contributed by atoms with Crippen LogP contribution in [-0.2, 0) is 9.53 Å². The molecule has 35 heavy (non-hydrogen) atoms. The zero-order valence-corrected chi connectivity index (χ0v) is 23.0. The van der Waals surface area contributed by atoms with Gasteiger partial charge < -0.3 is 9.47 Å². The van der Waals surface area contributed by atoms with Crippen LogP contribution in [0.2, 0.25) is 0 Å². The molecule has 194 valence electrons. The third-order valence-corrected chi connectivity index (χ3v) is 7.29. The van der Waals surface area contributed by atoms with Gasteiger partial charge in [-0.15, -0.1) is 11.8 Å². The Morgan fingerprint density at radius 2 is 1.23 bits per heavy atom. The molecule has 0 amide bonds. The molecule has 0 aromatic heterocycles. The second kappa shape index (κ2) is 18.3. The summed E-state index contributed by atoms with van der Waals surface area (Å²) in [7, 11) is 0. The van der Waals surface area contributed by atoms with E-state index < -0.39 is 6.10 Å². The molecule has 0 aliphatic rings. The molecule has 0 saturated carbocycles. The van der Waals surface area contributed by atoms with E-state index in [0.717, 1.165) is 18.4 Å². The highest BCUT2D eigenvalue weighted by Crippen LogP contribution is 2.27. The molecule has 0 bridgehead atoms. The fourth-order valence-electron chi connectivity index (χ4n) is 3.97. The van der Waals surface area contributed by atoms with Crippen molar-refractivity contribution in [2.45, 2.75) is 109 Å². The molecule has 0 saturated heterocycles. The van der Waals surface area contributed by atoms with Crippen LogP contribution in [0.3, 0.4) is 0 Å². The summed E-state index contributed by atoms with van der Waals surface area (Å²) >= 11 is 1.95. The van der Waals surface area contributed by atoms with Gasteiger partial charge >= 0.3 is 5.97 Å². The first kappa shape index (κ1) is 29.3. The fraction of sp³-hybridized carbons (Fsp3) is 0.581. The summed E-state index contributed by atoms with van der Waals surface area (Å²) in [5.74, 6) is 1.58. The lowest BCUT2D eigenvalue weighted by Gasteiger charge is -2.14. The maximum absolute atomic E-state index is 12.2. The highest BCUT2D eigenvalue weighted by molar-refractivity contribution is 7.99. The molecule has 0 aliphatic heterocycles. The lowest BCUT2D eigenvalue weighted by molar-refractivity contribution is -0.151. The van der Waals surface area contributed by atoms with Crippen LogP contribution in [-0.4, -0.2) is 24.4 Å². The van der Waals surface area contributed by atoms with E-state index in [-0.39, 0.29) is 5.97 Å². The zero-order valence-electron chi connectivity index (χ0n) is 22.2. The molecule has 0 radical (unpaired) electrons. The Bertz CT molecular complexity index is 801. The second-order valence-corrected chi connectivity index (χ2v) is 10.5. The van der Waals surface area contributed by atoms with Crippen molar-refractivity contribution in [3.8, 4) is 16.9 Å². The monoisotopic (exact) mass is 498 g/mol. The maximum Gasteiger partial charge on any atom is 0.347 e. The van der Waals surface area contributed by atoms with Crippen molar-refractivity contribution in [2.24, 2.45) is 0 Å². The summed E-state index contributed by atoms with van der Waals surface area (Å²) in [5.41, 5.74) is 2.33. The van der Waals surface area contributed by atoms with Gasteiger partial charge in [0.2, 0.25) is 0 Å². The average molecular weight is 499 g/mol. The molecule has 3 nitrogen and oxygen atoms in total. The Balaban J connectivity index is 1.69. The highest BCUT2D eigenvalue weighted by Gasteiger charge is 2.16.